The van der Waals surface area contributed by atoms with Crippen molar-refractivity contribution in [3.8, 4) is 0 Å². The second kappa shape index (κ2) is 32.2. The van der Waals surface area contributed by atoms with E-state index in [0.29, 0.717) is 12.8 Å². The van der Waals surface area contributed by atoms with Crippen LogP contribution in [-0.2, 0) is 69.1 Å². The summed E-state index contributed by atoms with van der Waals surface area (Å²) in [5.41, 5.74) is 0. The van der Waals surface area contributed by atoms with Gasteiger partial charge in [0.05, 0.1) is 13.2 Å². The average Bonchev–Trinajstić information content (AvgIpc) is 3.05. The Labute approximate surface area is 387 Å². The Morgan fingerprint density at radius 2 is 0.603 bits per heavy atom. The van der Waals surface area contributed by atoms with Gasteiger partial charge in [-0.25, -0.2) is 9.59 Å². The van der Waals surface area contributed by atoms with Crippen molar-refractivity contribution in [1.29, 1.82) is 0 Å². The molecule has 0 bridgehead atoms. The van der Waals surface area contributed by atoms with E-state index in [-0.39, 0.29) is 72.0 Å². The van der Waals surface area contributed by atoms with E-state index in [4.69, 9.17) is 18.2 Å². The molecule has 0 aromatic carbocycles. The van der Waals surface area contributed by atoms with Gasteiger partial charge in [-0.3, -0.25) is 18.2 Å². The number of ether oxygens (including phenoxy) is 2. The molecule has 0 aliphatic heterocycles. The maximum absolute atomic E-state index is 12.0. The molecule has 20 nitrogen and oxygen atoms in total. The van der Waals surface area contributed by atoms with Crippen molar-refractivity contribution in [1.82, 2.24) is 0 Å². The van der Waals surface area contributed by atoms with Crippen molar-refractivity contribution in [2.45, 2.75) is 163 Å². The molecule has 4 N–H and O–H groups in total. The summed E-state index contributed by atoms with van der Waals surface area (Å²) in [5.74, 6) is -8.74. The van der Waals surface area contributed by atoms with Crippen LogP contribution in [0, 0.1) is 0 Å². The number of rotatable bonds is 32. The standard InChI is InChI=1S/2C16H30O10S2.2Na/c2*1-2-3-4-5-6-7-8-9-10-11-12-26-15(19)16(13-14(17)18,27(20,21)22)28(23,24)25;;/h2*2-13H2,1H3,(H,17,18)(H,20,21,22)(H,23,24,25);;/q;;2*+1/p-2. The summed E-state index contributed by atoms with van der Waals surface area (Å²) in [6.07, 6.45) is 15.3. The van der Waals surface area contributed by atoms with Crippen molar-refractivity contribution in [2.24, 2.45) is 0 Å². The van der Waals surface area contributed by atoms with E-state index in [1.807, 2.05) is 0 Å². The number of carbonyl (C=O) groups is 4. The first kappa shape index (κ1) is 64.1. The topological polar surface area (TPSA) is 350 Å². The minimum atomic E-state index is -5.88. The van der Waals surface area contributed by atoms with Gasteiger partial charge in [0.15, 0.2) is 0 Å². The maximum atomic E-state index is 12.0. The van der Waals surface area contributed by atoms with E-state index < -0.39 is 98.6 Å². The molecule has 0 unspecified atom stereocenters. The minimum absolute atomic E-state index is 0. The molecule has 0 aliphatic rings. The van der Waals surface area contributed by atoms with E-state index in [2.05, 4.69) is 23.3 Å². The fourth-order valence-electron chi connectivity index (χ4n) is 5.31. The van der Waals surface area contributed by atoms with Crippen LogP contribution in [-0.4, -0.2) is 97.1 Å². The Morgan fingerprint density at radius 3 is 0.776 bits per heavy atom. The zero-order chi connectivity index (χ0) is 43.7. The second-order valence-corrected chi connectivity index (χ2v) is 20.2. The first-order valence-corrected chi connectivity index (χ1v) is 24.2. The van der Waals surface area contributed by atoms with Crippen LogP contribution in [0.5, 0.6) is 0 Å². The molecule has 0 aliphatic carbocycles. The number of aliphatic carboxylic acids is 2. The quantitative estimate of drug-likeness (QED) is 0.0217. The summed E-state index contributed by atoms with van der Waals surface area (Å²) in [6.45, 7) is 3.49. The van der Waals surface area contributed by atoms with Crippen LogP contribution in [0.4, 0.5) is 0 Å². The molecule has 58 heavy (non-hydrogen) atoms. The fraction of sp³-hybridized carbons (Fsp3) is 0.875. The van der Waals surface area contributed by atoms with Gasteiger partial charge in [-0.05, 0) is 12.8 Å². The Morgan fingerprint density at radius 1 is 0.414 bits per heavy atom. The fourth-order valence-corrected chi connectivity index (χ4v) is 9.71. The molecule has 0 fully saturated rings. The van der Waals surface area contributed by atoms with Gasteiger partial charge in [0, 0.05) is 24.8 Å². The van der Waals surface area contributed by atoms with Crippen LogP contribution >= 0.6 is 0 Å². The number of carboxylic acid groups (broad SMARTS) is 2. The third kappa shape index (κ3) is 23.7. The molecule has 26 heteroatoms. The maximum Gasteiger partial charge on any atom is 1.00 e. The summed E-state index contributed by atoms with van der Waals surface area (Å²) in [4.78, 5) is 45.3. The van der Waals surface area contributed by atoms with Crippen molar-refractivity contribution >= 4 is 64.3 Å². The first-order valence-electron chi connectivity index (χ1n) is 18.4. The Hall–Kier alpha value is -0.480. The molecule has 0 saturated carbocycles. The number of carboxylic acids is 2. The molecule has 0 amide bonds. The second-order valence-electron chi connectivity index (χ2n) is 13.1. The van der Waals surface area contributed by atoms with E-state index in [0.717, 1.165) is 51.4 Å². The van der Waals surface area contributed by atoms with Crippen molar-refractivity contribution in [3.05, 3.63) is 0 Å². The summed E-state index contributed by atoms with van der Waals surface area (Å²) in [6, 6.07) is 0. The van der Waals surface area contributed by atoms with Crippen molar-refractivity contribution < 1.29 is 150 Å². The number of hydrogen-bond acceptors (Lipinski definition) is 16. The van der Waals surface area contributed by atoms with Gasteiger partial charge < -0.3 is 29.3 Å². The third-order valence-corrected chi connectivity index (χ3v) is 15.6. The Kier molecular flexibility index (Phi) is 35.6. The van der Waals surface area contributed by atoms with Gasteiger partial charge in [-0.15, -0.1) is 0 Å². The number of esters is 2. The predicted molar refractivity (Wildman–Crippen MR) is 197 cm³/mol. The molecular formula is C32H58Na2O20S4. The average molecular weight is 937 g/mol. The van der Waals surface area contributed by atoms with Gasteiger partial charge in [0.25, 0.3) is 40.5 Å². The number of unbranched alkanes of at least 4 members (excludes halogenated alkanes) is 18. The molecule has 0 aromatic heterocycles. The number of carbonyl (C=O) groups excluding carboxylic acids is 4. The SMILES string of the molecule is CCCCCCCCCCCCOC(=O)C(CC(=O)[O-])(S(=O)(=O)O)S(=O)(=O)O.CCCCCCCCCCCCOC(=O)C(CC(=O)[O-])(S(=O)(=O)O)S(=O)(=O)O.[Na+].[Na+]. The largest absolute Gasteiger partial charge is 1.00 e. The van der Waals surface area contributed by atoms with Crippen LogP contribution in [0.2, 0.25) is 0 Å². The monoisotopic (exact) mass is 936 g/mol. The molecule has 0 heterocycles. The van der Waals surface area contributed by atoms with Gasteiger partial charge in [-0.1, -0.05) is 129 Å². The molecule has 0 aromatic rings. The summed E-state index contributed by atoms with van der Waals surface area (Å²) < 4.78 is 129. The minimum Gasteiger partial charge on any atom is -0.550 e. The van der Waals surface area contributed by atoms with Crippen molar-refractivity contribution in [2.75, 3.05) is 13.2 Å². The van der Waals surface area contributed by atoms with Crippen LogP contribution in [0.3, 0.4) is 0 Å². The van der Waals surface area contributed by atoms with Crippen LogP contribution in [0.15, 0.2) is 0 Å². The molecule has 0 rings (SSSR count). The normalized spacial score (nSPS) is 12.2. The first-order chi connectivity index (χ1) is 25.8. The zero-order valence-corrected chi connectivity index (χ0v) is 41.2. The van der Waals surface area contributed by atoms with Gasteiger partial charge in [0.1, 0.15) is 0 Å². The summed E-state index contributed by atoms with van der Waals surface area (Å²) >= 11 is 0. The van der Waals surface area contributed by atoms with Gasteiger partial charge in [-0.2, -0.15) is 33.7 Å². The molecule has 332 valence electrons. The van der Waals surface area contributed by atoms with E-state index in [9.17, 15) is 63.1 Å². The summed E-state index contributed by atoms with van der Waals surface area (Å²) in [5, 5.41) is 21.4. The van der Waals surface area contributed by atoms with Crippen LogP contribution < -0.4 is 69.3 Å². The molecule has 0 saturated heterocycles. The van der Waals surface area contributed by atoms with Gasteiger partial charge >= 0.3 is 79.2 Å². The van der Waals surface area contributed by atoms with E-state index in [1.165, 1.54) is 51.4 Å². The van der Waals surface area contributed by atoms with Gasteiger partial charge in [0.2, 0.25) is 0 Å². The van der Waals surface area contributed by atoms with Crippen LogP contribution in [0.1, 0.15) is 155 Å². The number of hydrogen-bond donors (Lipinski definition) is 4. The molecule has 0 spiro atoms. The summed E-state index contributed by atoms with van der Waals surface area (Å²) in [7, 11) is -23.5. The van der Waals surface area contributed by atoms with E-state index >= 15 is 0 Å². The molecular weight excluding hydrogens is 879 g/mol. The smallest absolute Gasteiger partial charge is 0.550 e. The molecule has 0 radical (unpaired) electrons. The van der Waals surface area contributed by atoms with Crippen LogP contribution in [0.25, 0.3) is 0 Å². The Balaban J connectivity index is -0.000000486. The molecule has 0 atom stereocenters. The Bertz CT molecular complexity index is 1460. The predicted octanol–water partition coefficient (Wildman–Crippen LogP) is -3.87. The van der Waals surface area contributed by atoms with E-state index in [1.54, 1.807) is 0 Å². The van der Waals surface area contributed by atoms with Crippen molar-refractivity contribution in [3.63, 3.8) is 0 Å². The zero-order valence-electron chi connectivity index (χ0n) is 33.9. The third-order valence-electron chi connectivity index (χ3n) is 8.50.